The van der Waals surface area contributed by atoms with Gasteiger partial charge in [0.05, 0.1) is 32.6 Å². The standard InChI is InChI=1S/C18H18FNO6/c1-23-15-8-13(18(22)25-3)14(9-16(15)24-2)20-17(21)10-26-12-6-4-5-11(19)7-12/h4-9H,10H2,1-3H3,(H,20,21). The highest BCUT2D eigenvalue weighted by Crippen LogP contribution is 2.33. The molecule has 0 bridgehead atoms. The number of ether oxygens (including phenoxy) is 4. The van der Waals surface area contributed by atoms with E-state index in [1.165, 1.54) is 51.7 Å². The molecule has 1 N–H and O–H groups in total. The Bertz CT molecular complexity index is 808. The molecule has 0 unspecified atom stereocenters. The molecule has 0 atom stereocenters. The van der Waals surface area contributed by atoms with Gasteiger partial charge in [-0.25, -0.2) is 9.18 Å². The van der Waals surface area contributed by atoms with Gasteiger partial charge in [-0.15, -0.1) is 0 Å². The van der Waals surface area contributed by atoms with Gasteiger partial charge in [0.2, 0.25) is 0 Å². The van der Waals surface area contributed by atoms with E-state index < -0.39 is 17.7 Å². The largest absolute Gasteiger partial charge is 0.493 e. The minimum atomic E-state index is -0.660. The van der Waals surface area contributed by atoms with Crippen LogP contribution in [-0.2, 0) is 9.53 Å². The number of anilines is 1. The molecule has 0 saturated heterocycles. The molecule has 138 valence electrons. The van der Waals surface area contributed by atoms with Crippen molar-refractivity contribution >= 4 is 17.6 Å². The first kappa shape index (κ1) is 19.0. The van der Waals surface area contributed by atoms with Gasteiger partial charge in [-0.3, -0.25) is 4.79 Å². The molecule has 0 spiro atoms. The summed E-state index contributed by atoms with van der Waals surface area (Å²) >= 11 is 0. The normalized spacial score (nSPS) is 10.0. The Kier molecular flexibility index (Phi) is 6.37. The van der Waals surface area contributed by atoms with Gasteiger partial charge >= 0.3 is 5.97 Å². The fraction of sp³-hybridized carbons (Fsp3) is 0.222. The smallest absolute Gasteiger partial charge is 0.340 e. The maximum absolute atomic E-state index is 13.1. The molecule has 8 heteroatoms. The van der Waals surface area contributed by atoms with E-state index in [2.05, 4.69) is 5.32 Å². The molecule has 0 aliphatic heterocycles. The monoisotopic (exact) mass is 363 g/mol. The summed E-state index contributed by atoms with van der Waals surface area (Å²) in [7, 11) is 4.07. The van der Waals surface area contributed by atoms with Crippen LogP contribution < -0.4 is 19.5 Å². The topological polar surface area (TPSA) is 83.1 Å². The third-order valence-electron chi connectivity index (χ3n) is 3.37. The van der Waals surface area contributed by atoms with Crippen LogP contribution >= 0.6 is 0 Å². The molecule has 0 heterocycles. The Morgan fingerprint density at radius 3 is 2.35 bits per heavy atom. The number of carbonyl (C=O) groups is 2. The lowest BCUT2D eigenvalue weighted by molar-refractivity contribution is -0.118. The van der Waals surface area contributed by atoms with Crippen molar-refractivity contribution in [2.24, 2.45) is 0 Å². The second-order valence-electron chi connectivity index (χ2n) is 5.04. The third kappa shape index (κ3) is 4.62. The first-order valence-corrected chi connectivity index (χ1v) is 7.51. The van der Waals surface area contributed by atoms with Crippen LogP contribution in [0.4, 0.5) is 10.1 Å². The van der Waals surface area contributed by atoms with Gasteiger partial charge < -0.3 is 24.3 Å². The molecule has 0 aliphatic rings. The number of hydrogen-bond donors (Lipinski definition) is 1. The lowest BCUT2D eigenvalue weighted by atomic mass is 10.1. The molecule has 2 aromatic rings. The first-order valence-electron chi connectivity index (χ1n) is 7.51. The van der Waals surface area contributed by atoms with Crippen molar-refractivity contribution in [3.8, 4) is 17.2 Å². The Hall–Kier alpha value is -3.29. The van der Waals surface area contributed by atoms with Crippen molar-refractivity contribution in [1.82, 2.24) is 0 Å². The van der Waals surface area contributed by atoms with Gasteiger partial charge in [0.1, 0.15) is 11.6 Å². The molecule has 7 nitrogen and oxygen atoms in total. The molecule has 0 aromatic heterocycles. The van der Waals surface area contributed by atoms with Gasteiger partial charge in [-0.05, 0) is 12.1 Å². The van der Waals surface area contributed by atoms with Crippen molar-refractivity contribution in [1.29, 1.82) is 0 Å². The highest BCUT2D eigenvalue weighted by molar-refractivity contribution is 6.02. The van der Waals surface area contributed by atoms with E-state index in [0.29, 0.717) is 11.5 Å². The van der Waals surface area contributed by atoms with Crippen molar-refractivity contribution < 1.29 is 32.9 Å². The summed E-state index contributed by atoms with van der Waals surface area (Å²) in [5.74, 6) is -0.848. The maximum atomic E-state index is 13.1. The number of benzene rings is 2. The van der Waals surface area contributed by atoms with Crippen LogP contribution in [0, 0.1) is 5.82 Å². The summed E-state index contributed by atoms with van der Waals surface area (Å²) in [4.78, 5) is 24.1. The zero-order chi connectivity index (χ0) is 19.1. The van der Waals surface area contributed by atoms with Crippen LogP contribution in [-0.4, -0.2) is 39.8 Å². The Labute approximate surface area is 149 Å². The van der Waals surface area contributed by atoms with Crippen LogP contribution in [0.2, 0.25) is 0 Å². The van der Waals surface area contributed by atoms with Crippen LogP contribution in [0.15, 0.2) is 36.4 Å². The molecule has 2 rings (SSSR count). The van der Waals surface area contributed by atoms with Crippen LogP contribution in [0.1, 0.15) is 10.4 Å². The summed E-state index contributed by atoms with van der Waals surface area (Å²) in [5.41, 5.74) is 0.256. The molecular weight excluding hydrogens is 345 g/mol. The van der Waals surface area contributed by atoms with E-state index in [1.807, 2.05) is 0 Å². The average Bonchev–Trinajstić information content (AvgIpc) is 2.65. The van der Waals surface area contributed by atoms with Crippen molar-refractivity contribution in [2.75, 3.05) is 33.3 Å². The second-order valence-corrected chi connectivity index (χ2v) is 5.04. The minimum absolute atomic E-state index is 0.0873. The summed E-state index contributed by atoms with van der Waals surface area (Å²) in [6.45, 7) is -0.377. The predicted molar refractivity (Wildman–Crippen MR) is 91.4 cm³/mol. The van der Waals surface area contributed by atoms with Crippen molar-refractivity contribution in [2.45, 2.75) is 0 Å². The SMILES string of the molecule is COC(=O)c1cc(OC)c(OC)cc1NC(=O)COc1cccc(F)c1. The van der Waals surface area contributed by atoms with Gasteiger partial charge in [-0.2, -0.15) is 0 Å². The molecule has 0 fully saturated rings. The Balaban J connectivity index is 2.18. The van der Waals surface area contributed by atoms with Crippen LogP contribution in [0.3, 0.4) is 0 Å². The van der Waals surface area contributed by atoms with Gasteiger partial charge in [-0.1, -0.05) is 6.07 Å². The second kappa shape index (κ2) is 8.70. The van der Waals surface area contributed by atoms with Gasteiger partial charge in [0.25, 0.3) is 5.91 Å². The molecular formula is C18H18FNO6. The number of amides is 1. The fourth-order valence-corrected chi connectivity index (χ4v) is 2.15. The minimum Gasteiger partial charge on any atom is -0.493 e. The zero-order valence-electron chi connectivity index (χ0n) is 14.5. The Morgan fingerprint density at radius 2 is 1.73 bits per heavy atom. The van der Waals surface area contributed by atoms with E-state index in [4.69, 9.17) is 18.9 Å². The number of methoxy groups -OCH3 is 3. The van der Waals surface area contributed by atoms with E-state index in [0.717, 1.165) is 6.07 Å². The summed E-state index contributed by atoms with van der Waals surface area (Å²) in [6, 6.07) is 8.24. The van der Waals surface area contributed by atoms with Crippen LogP contribution in [0.25, 0.3) is 0 Å². The van der Waals surface area contributed by atoms with E-state index in [-0.39, 0.29) is 23.6 Å². The van der Waals surface area contributed by atoms with Gasteiger partial charge in [0, 0.05) is 18.2 Å². The van der Waals surface area contributed by atoms with Crippen molar-refractivity contribution in [3.05, 3.63) is 47.8 Å². The Morgan fingerprint density at radius 1 is 1.04 bits per heavy atom. The predicted octanol–water partition coefficient (Wildman–Crippen LogP) is 2.65. The maximum Gasteiger partial charge on any atom is 0.340 e. The highest BCUT2D eigenvalue weighted by Gasteiger charge is 2.19. The summed E-state index contributed by atoms with van der Waals surface area (Å²) in [6.07, 6.45) is 0. The van der Waals surface area contributed by atoms with Crippen molar-refractivity contribution in [3.63, 3.8) is 0 Å². The number of nitrogens with one attached hydrogen (secondary N) is 1. The molecule has 1 amide bonds. The lowest BCUT2D eigenvalue weighted by Gasteiger charge is -2.15. The number of hydrogen-bond acceptors (Lipinski definition) is 6. The highest BCUT2D eigenvalue weighted by atomic mass is 19.1. The number of halogens is 1. The third-order valence-corrected chi connectivity index (χ3v) is 3.37. The van der Waals surface area contributed by atoms with Gasteiger partial charge in [0.15, 0.2) is 18.1 Å². The van der Waals surface area contributed by atoms with E-state index in [1.54, 1.807) is 0 Å². The van der Waals surface area contributed by atoms with E-state index >= 15 is 0 Å². The number of carbonyl (C=O) groups excluding carboxylic acids is 2. The quantitative estimate of drug-likeness (QED) is 0.762. The molecule has 0 saturated carbocycles. The number of rotatable bonds is 7. The molecule has 0 radical (unpaired) electrons. The molecule has 2 aromatic carbocycles. The summed E-state index contributed by atoms with van der Waals surface area (Å²) in [5, 5.41) is 2.54. The lowest BCUT2D eigenvalue weighted by Crippen LogP contribution is -2.22. The average molecular weight is 363 g/mol. The fourth-order valence-electron chi connectivity index (χ4n) is 2.15. The first-order chi connectivity index (χ1) is 12.5. The van der Waals surface area contributed by atoms with E-state index in [9.17, 15) is 14.0 Å². The number of esters is 1. The summed E-state index contributed by atoms with van der Waals surface area (Å²) < 4.78 is 33.4. The molecule has 26 heavy (non-hydrogen) atoms. The zero-order valence-corrected chi connectivity index (χ0v) is 14.5. The molecule has 0 aliphatic carbocycles. The van der Waals surface area contributed by atoms with Crippen LogP contribution in [0.5, 0.6) is 17.2 Å².